The van der Waals surface area contributed by atoms with E-state index in [0.717, 1.165) is 5.56 Å². The summed E-state index contributed by atoms with van der Waals surface area (Å²) in [6.45, 7) is 8.34. The van der Waals surface area contributed by atoms with Crippen LogP contribution < -0.4 is 15.7 Å². The number of rotatable bonds is 6. The van der Waals surface area contributed by atoms with Gasteiger partial charge in [0.05, 0.1) is 17.3 Å². The number of benzene rings is 2. The third-order valence-electron chi connectivity index (χ3n) is 6.70. The molecule has 1 aliphatic rings. The van der Waals surface area contributed by atoms with Gasteiger partial charge in [-0.25, -0.2) is 9.97 Å². The van der Waals surface area contributed by atoms with Crippen LogP contribution in [0.3, 0.4) is 0 Å². The molecule has 2 aromatic carbocycles. The summed E-state index contributed by atoms with van der Waals surface area (Å²) in [6, 6.07) is 16.3. The molecule has 1 unspecified atom stereocenters. The number of hydrogen-bond acceptors (Lipinski definition) is 9. The van der Waals surface area contributed by atoms with Crippen molar-refractivity contribution in [2.75, 3.05) is 36.4 Å². The van der Waals surface area contributed by atoms with Gasteiger partial charge in [0.1, 0.15) is 0 Å². The van der Waals surface area contributed by atoms with Gasteiger partial charge in [-0.2, -0.15) is 0 Å². The highest BCUT2D eigenvalue weighted by molar-refractivity contribution is 7.13. The van der Waals surface area contributed by atoms with Crippen LogP contribution in [-0.4, -0.2) is 65.4 Å². The first-order chi connectivity index (χ1) is 19.2. The van der Waals surface area contributed by atoms with Crippen LogP contribution in [0, 0.1) is 5.41 Å². The van der Waals surface area contributed by atoms with Gasteiger partial charge >= 0.3 is 0 Å². The fraction of sp³-hybridized carbons (Fsp3) is 0.321. The summed E-state index contributed by atoms with van der Waals surface area (Å²) in [5.74, 6) is 0.359. The maximum absolute atomic E-state index is 13.4. The third kappa shape index (κ3) is 5.97. The van der Waals surface area contributed by atoms with Crippen molar-refractivity contribution in [1.29, 1.82) is 0 Å². The van der Waals surface area contributed by atoms with Crippen molar-refractivity contribution < 1.29 is 14.5 Å². The molecule has 0 aliphatic carbocycles. The molecule has 208 valence electrons. The third-order valence-corrected chi connectivity index (χ3v) is 7.41. The van der Waals surface area contributed by atoms with Gasteiger partial charge in [0, 0.05) is 42.9 Å². The van der Waals surface area contributed by atoms with Crippen LogP contribution >= 0.6 is 11.1 Å². The minimum atomic E-state index is -1.73. The van der Waals surface area contributed by atoms with Gasteiger partial charge in [-0.05, 0) is 29.2 Å². The van der Waals surface area contributed by atoms with E-state index in [0.29, 0.717) is 37.6 Å². The van der Waals surface area contributed by atoms with E-state index in [9.17, 15) is 14.5 Å². The highest BCUT2D eigenvalue weighted by Crippen LogP contribution is 2.36. The van der Waals surface area contributed by atoms with Crippen LogP contribution in [0.1, 0.15) is 42.7 Å². The zero-order valence-electron chi connectivity index (χ0n) is 22.6. The van der Waals surface area contributed by atoms with Gasteiger partial charge in [-0.3, -0.25) is 9.79 Å². The molecule has 11 nitrogen and oxygen atoms in total. The number of amides is 1. The normalized spacial score (nSPS) is 15.7. The highest BCUT2D eigenvalue weighted by atomic mass is 32.2. The molecular formula is C28H32N8O3S. The first-order valence-electron chi connectivity index (χ1n) is 13.0. The Kier molecular flexibility index (Phi) is 7.81. The quantitative estimate of drug-likeness (QED) is 0.237. The zero-order valence-corrected chi connectivity index (χ0v) is 23.4. The first-order valence-corrected chi connectivity index (χ1v) is 14.1. The number of aromatic nitrogens is 4. The number of para-hydroxylation sites is 1. The van der Waals surface area contributed by atoms with Gasteiger partial charge in [0.15, 0.2) is 16.9 Å². The second-order valence-electron chi connectivity index (χ2n) is 10.6. The van der Waals surface area contributed by atoms with Gasteiger partial charge in [-0.1, -0.05) is 57.2 Å². The van der Waals surface area contributed by atoms with E-state index in [1.165, 1.54) is 0 Å². The molecule has 40 heavy (non-hydrogen) atoms. The average Bonchev–Trinajstić information content (AvgIpc) is 3.31. The van der Waals surface area contributed by atoms with E-state index >= 15 is 0 Å². The Morgan fingerprint density at radius 1 is 1.05 bits per heavy atom. The van der Waals surface area contributed by atoms with E-state index < -0.39 is 11.1 Å². The number of anilines is 3. The number of nitrogens with one attached hydrogen (secondary N) is 2. The number of H-pyrrole nitrogens is 1. The van der Waals surface area contributed by atoms with Crippen LogP contribution in [0.5, 0.6) is 5.75 Å². The van der Waals surface area contributed by atoms with Crippen LogP contribution in [0.25, 0.3) is 0 Å². The van der Waals surface area contributed by atoms with E-state index in [1.54, 1.807) is 41.6 Å². The summed E-state index contributed by atoms with van der Waals surface area (Å²) < 4.78 is 19.3. The fourth-order valence-corrected chi connectivity index (χ4v) is 5.32. The summed E-state index contributed by atoms with van der Waals surface area (Å²) in [7, 11) is 0. The van der Waals surface area contributed by atoms with Gasteiger partial charge in [0.2, 0.25) is 17.3 Å². The van der Waals surface area contributed by atoms with Gasteiger partial charge < -0.3 is 24.8 Å². The monoisotopic (exact) mass is 560 g/mol. The number of phenolic OH excluding ortho intramolecular Hbond substituents is 1. The van der Waals surface area contributed by atoms with Crippen LogP contribution in [0.15, 0.2) is 72.0 Å². The van der Waals surface area contributed by atoms with Gasteiger partial charge in [0.25, 0.3) is 5.91 Å². The predicted molar refractivity (Wildman–Crippen MR) is 153 cm³/mol. The number of hydrogen-bond donors (Lipinski definition) is 3. The molecule has 4 aromatic rings. The SMILES string of the molecule is CC(C)(C)[C@@H](N=c1[nH][s+]([O-])nc1Nc1cccc(C(=O)N2CCN(c3ncccn3)CC2)c1O)c1ccccc1. The standard InChI is InChI=1S/C28H32N8O3S/c1-28(2,3)23(19-9-5-4-6-10-19)32-25-24(33-40(39)34-25)31-21-12-7-11-20(22(21)37)26(38)35-15-17-36(18-16-35)27-29-13-8-14-30-27/h4-14,23,37H,15-18H2,1-3H3,(H,31,33)(H,32,34)/t23-,40?/m0/s1. The van der Waals surface area contributed by atoms with Crippen molar-refractivity contribution in [3.63, 3.8) is 0 Å². The van der Waals surface area contributed by atoms with E-state index in [4.69, 9.17) is 4.99 Å². The lowest BCUT2D eigenvalue weighted by Crippen LogP contribution is -2.49. The number of carbonyl (C=O) groups is 1. The lowest BCUT2D eigenvalue weighted by molar-refractivity contribution is 0.0743. The van der Waals surface area contributed by atoms with Crippen LogP contribution in [0.2, 0.25) is 0 Å². The maximum Gasteiger partial charge on any atom is 0.257 e. The Morgan fingerprint density at radius 2 is 1.75 bits per heavy atom. The van der Waals surface area contributed by atoms with Gasteiger partial charge in [-0.15, -0.1) is 4.37 Å². The zero-order chi connectivity index (χ0) is 28.3. The number of aromatic hydroxyl groups is 1. The first kappa shape index (κ1) is 27.3. The number of carbonyl (C=O) groups excluding carboxylic acids is 1. The summed E-state index contributed by atoms with van der Waals surface area (Å²) in [4.78, 5) is 30.5. The Bertz CT molecular complexity index is 1520. The predicted octanol–water partition coefficient (Wildman–Crippen LogP) is 4.03. The minimum absolute atomic E-state index is 0.164. The topological polar surface area (TPSA) is 146 Å². The van der Waals surface area contributed by atoms with E-state index in [2.05, 4.69) is 44.8 Å². The minimum Gasteiger partial charge on any atom is -0.548 e. The molecule has 3 N–H and O–H groups in total. The molecule has 1 amide bonds. The number of nitrogens with zero attached hydrogens (tertiary/aromatic N) is 6. The molecule has 0 radical (unpaired) electrons. The molecule has 1 aliphatic heterocycles. The Labute approximate surface area is 235 Å². The van der Waals surface area contributed by atoms with Crippen molar-refractivity contribution in [3.8, 4) is 5.75 Å². The highest BCUT2D eigenvalue weighted by Gasteiger charge is 2.28. The molecule has 1 fully saturated rings. The van der Waals surface area contributed by atoms with Crippen molar-refractivity contribution >= 4 is 34.5 Å². The Hall–Kier alpha value is -4.29. The molecule has 12 heteroatoms. The number of phenols is 1. The average molecular weight is 561 g/mol. The molecule has 0 saturated carbocycles. The molecule has 1 saturated heterocycles. The molecule has 0 spiro atoms. The van der Waals surface area contributed by atoms with Crippen LogP contribution in [0.4, 0.5) is 17.5 Å². The summed E-state index contributed by atoms with van der Waals surface area (Å²) >= 11 is -1.73. The lowest BCUT2D eigenvalue weighted by Gasteiger charge is -2.34. The van der Waals surface area contributed by atoms with Crippen molar-refractivity contribution in [2.24, 2.45) is 10.4 Å². The van der Waals surface area contributed by atoms with E-state index in [1.807, 2.05) is 35.2 Å². The van der Waals surface area contributed by atoms with Crippen molar-refractivity contribution in [1.82, 2.24) is 23.6 Å². The summed E-state index contributed by atoms with van der Waals surface area (Å²) in [5, 5.41) is 14.1. The van der Waals surface area contributed by atoms with E-state index in [-0.39, 0.29) is 40.2 Å². The van der Waals surface area contributed by atoms with Crippen LogP contribution in [-0.2, 0) is 0 Å². The summed E-state index contributed by atoms with van der Waals surface area (Å²) in [5.41, 5.74) is 1.52. The smallest absolute Gasteiger partial charge is 0.257 e. The summed E-state index contributed by atoms with van der Waals surface area (Å²) in [6.07, 6.45) is 3.38. The number of aromatic amines is 1. The lowest BCUT2D eigenvalue weighted by atomic mass is 9.83. The maximum atomic E-state index is 13.4. The largest absolute Gasteiger partial charge is 0.548 e. The second kappa shape index (κ2) is 11.4. The molecular weight excluding hydrogens is 528 g/mol. The van der Waals surface area contributed by atoms with Crippen molar-refractivity contribution in [3.05, 3.63) is 83.6 Å². The molecule has 2 atom stereocenters. The molecule has 2 aromatic heterocycles. The molecule has 5 rings (SSSR count). The fourth-order valence-electron chi connectivity index (χ4n) is 4.66. The molecule has 0 bridgehead atoms. The number of piperazine rings is 1. The molecule has 3 heterocycles. The Balaban J connectivity index is 1.37. The van der Waals surface area contributed by atoms with Crippen molar-refractivity contribution in [2.45, 2.75) is 26.8 Å². The Morgan fingerprint density at radius 3 is 2.42 bits per heavy atom. The second-order valence-corrected chi connectivity index (χ2v) is 11.5.